The van der Waals surface area contributed by atoms with Crippen LogP contribution in [0.1, 0.15) is 10.8 Å². The topological polar surface area (TPSA) is 117 Å². The van der Waals surface area contributed by atoms with Gasteiger partial charge in [-0.3, -0.25) is 14.2 Å². The SMILES string of the molecule is NC(=O)Cn1c(SC(C(N)=O)c2ccccc2)nnc1-c1cccs1. The van der Waals surface area contributed by atoms with Gasteiger partial charge in [-0.1, -0.05) is 48.2 Å². The molecule has 1 aromatic carbocycles. The van der Waals surface area contributed by atoms with Crippen LogP contribution in [0.5, 0.6) is 0 Å². The Labute approximate surface area is 152 Å². The Kier molecular flexibility index (Phi) is 5.15. The van der Waals surface area contributed by atoms with Crippen LogP contribution < -0.4 is 11.5 Å². The number of benzene rings is 1. The average Bonchev–Trinajstić information content (AvgIpc) is 3.22. The largest absolute Gasteiger partial charge is 0.368 e. The van der Waals surface area contributed by atoms with Gasteiger partial charge >= 0.3 is 0 Å². The van der Waals surface area contributed by atoms with E-state index in [0.29, 0.717) is 11.0 Å². The van der Waals surface area contributed by atoms with Crippen molar-refractivity contribution in [2.75, 3.05) is 0 Å². The van der Waals surface area contributed by atoms with Crippen molar-refractivity contribution in [3.8, 4) is 10.7 Å². The highest BCUT2D eigenvalue weighted by atomic mass is 32.2. The lowest BCUT2D eigenvalue weighted by Gasteiger charge is -2.14. The first-order valence-electron chi connectivity index (χ1n) is 7.32. The van der Waals surface area contributed by atoms with E-state index in [1.54, 1.807) is 4.57 Å². The molecule has 2 amide bonds. The first kappa shape index (κ1) is 17.2. The smallest absolute Gasteiger partial charge is 0.237 e. The standard InChI is InChI=1S/C16H15N5O2S2/c17-12(22)9-21-15(11-7-4-8-24-11)19-20-16(21)25-13(14(18)23)10-5-2-1-3-6-10/h1-8,13H,9H2,(H2,17,22)(H2,18,23). The van der Waals surface area contributed by atoms with Crippen molar-refractivity contribution in [2.24, 2.45) is 11.5 Å². The quantitative estimate of drug-likeness (QED) is 0.613. The van der Waals surface area contributed by atoms with E-state index in [1.165, 1.54) is 11.3 Å². The van der Waals surface area contributed by atoms with Gasteiger partial charge in [0.2, 0.25) is 11.8 Å². The highest BCUT2D eigenvalue weighted by Crippen LogP contribution is 2.36. The van der Waals surface area contributed by atoms with Crippen molar-refractivity contribution in [3.63, 3.8) is 0 Å². The van der Waals surface area contributed by atoms with Crippen molar-refractivity contribution in [3.05, 3.63) is 53.4 Å². The summed E-state index contributed by atoms with van der Waals surface area (Å²) in [6.45, 7) is -0.0805. The molecule has 0 spiro atoms. The molecule has 0 aliphatic carbocycles. The number of carbonyl (C=O) groups excluding carboxylic acids is 2. The summed E-state index contributed by atoms with van der Waals surface area (Å²) in [5.41, 5.74) is 11.7. The van der Waals surface area contributed by atoms with E-state index >= 15 is 0 Å². The fourth-order valence-corrected chi connectivity index (χ4v) is 3.99. The zero-order chi connectivity index (χ0) is 17.8. The summed E-state index contributed by atoms with van der Waals surface area (Å²) >= 11 is 2.62. The Morgan fingerprint density at radius 1 is 1.12 bits per heavy atom. The number of aromatic nitrogens is 3. The van der Waals surface area contributed by atoms with Gasteiger partial charge in [-0.05, 0) is 17.0 Å². The summed E-state index contributed by atoms with van der Waals surface area (Å²) in [6.07, 6.45) is 0. The maximum absolute atomic E-state index is 11.9. The number of hydrogen-bond donors (Lipinski definition) is 2. The van der Waals surface area contributed by atoms with Gasteiger partial charge in [0.1, 0.15) is 11.8 Å². The van der Waals surface area contributed by atoms with E-state index in [1.807, 2.05) is 47.8 Å². The van der Waals surface area contributed by atoms with Gasteiger partial charge in [-0.2, -0.15) is 0 Å². The molecule has 128 valence electrons. The summed E-state index contributed by atoms with van der Waals surface area (Å²) in [6, 6.07) is 12.9. The number of nitrogens with two attached hydrogens (primary N) is 2. The van der Waals surface area contributed by atoms with Crippen LogP contribution in [0.2, 0.25) is 0 Å². The van der Waals surface area contributed by atoms with Crippen LogP contribution in [0.15, 0.2) is 53.0 Å². The van der Waals surface area contributed by atoms with Gasteiger partial charge < -0.3 is 11.5 Å². The molecular weight excluding hydrogens is 358 g/mol. The minimum Gasteiger partial charge on any atom is -0.368 e. The normalized spacial score (nSPS) is 12.0. The minimum atomic E-state index is -0.645. The highest BCUT2D eigenvalue weighted by Gasteiger charge is 2.24. The lowest BCUT2D eigenvalue weighted by atomic mass is 10.1. The Bertz CT molecular complexity index is 877. The second-order valence-electron chi connectivity index (χ2n) is 5.15. The molecule has 0 saturated carbocycles. The molecule has 1 unspecified atom stereocenters. The zero-order valence-electron chi connectivity index (χ0n) is 13.0. The molecule has 0 fully saturated rings. The summed E-state index contributed by atoms with van der Waals surface area (Å²) in [4.78, 5) is 24.3. The lowest BCUT2D eigenvalue weighted by Crippen LogP contribution is -2.22. The fraction of sp³-hybridized carbons (Fsp3) is 0.125. The third-order valence-electron chi connectivity index (χ3n) is 3.36. The summed E-state index contributed by atoms with van der Waals surface area (Å²) < 4.78 is 1.61. The second-order valence-corrected chi connectivity index (χ2v) is 7.17. The summed E-state index contributed by atoms with van der Waals surface area (Å²) in [5.74, 6) is -0.482. The maximum Gasteiger partial charge on any atom is 0.237 e. The predicted molar refractivity (Wildman–Crippen MR) is 96.8 cm³/mol. The molecule has 0 radical (unpaired) electrons. The van der Waals surface area contributed by atoms with Gasteiger partial charge in [0.05, 0.1) is 4.88 Å². The Morgan fingerprint density at radius 3 is 2.48 bits per heavy atom. The number of amides is 2. The molecule has 3 aromatic rings. The van der Waals surface area contributed by atoms with Crippen molar-refractivity contribution < 1.29 is 9.59 Å². The summed E-state index contributed by atoms with van der Waals surface area (Å²) in [7, 11) is 0. The van der Waals surface area contributed by atoms with Crippen LogP contribution in [0.25, 0.3) is 10.7 Å². The molecule has 2 heterocycles. The highest BCUT2D eigenvalue weighted by molar-refractivity contribution is 8.00. The zero-order valence-corrected chi connectivity index (χ0v) is 14.7. The first-order valence-corrected chi connectivity index (χ1v) is 9.08. The van der Waals surface area contributed by atoms with E-state index in [2.05, 4.69) is 10.2 Å². The number of hydrogen-bond acceptors (Lipinski definition) is 6. The molecule has 0 bridgehead atoms. The Morgan fingerprint density at radius 2 is 1.88 bits per heavy atom. The molecule has 7 nitrogen and oxygen atoms in total. The number of thioether (sulfide) groups is 1. The van der Waals surface area contributed by atoms with Gasteiger partial charge in [0.15, 0.2) is 11.0 Å². The van der Waals surface area contributed by atoms with Gasteiger partial charge in [-0.15, -0.1) is 21.5 Å². The number of carbonyl (C=O) groups is 2. The molecular formula is C16H15N5O2S2. The summed E-state index contributed by atoms with van der Waals surface area (Å²) in [5, 5.41) is 9.97. The van der Waals surface area contributed by atoms with Gasteiger partial charge in [0, 0.05) is 0 Å². The number of rotatable bonds is 7. The van der Waals surface area contributed by atoms with Crippen LogP contribution in [-0.2, 0) is 16.1 Å². The molecule has 0 aliphatic rings. The molecule has 0 saturated heterocycles. The Hall–Kier alpha value is -2.65. The Balaban J connectivity index is 1.98. The van der Waals surface area contributed by atoms with Crippen molar-refractivity contribution in [1.29, 1.82) is 0 Å². The third-order valence-corrected chi connectivity index (χ3v) is 5.48. The monoisotopic (exact) mass is 373 g/mol. The van der Waals surface area contributed by atoms with E-state index in [4.69, 9.17) is 11.5 Å². The van der Waals surface area contributed by atoms with Gasteiger partial charge in [-0.25, -0.2) is 0 Å². The maximum atomic E-state index is 11.9. The molecule has 0 aliphatic heterocycles. The molecule has 3 rings (SSSR count). The van der Waals surface area contributed by atoms with Crippen LogP contribution in [-0.4, -0.2) is 26.6 Å². The van der Waals surface area contributed by atoms with Crippen LogP contribution in [0.3, 0.4) is 0 Å². The third kappa shape index (κ3) is 3.89. The second kappa shape index (κ2) is 7.49. The van der Waals surface area contributed by atoms with E-state index < -0.39 is 17.1 Å². The number of thiophene rings is 1. The van der Waals surface area contributed by atoms with Crippen LogP contribution in [0, 0.1) is 0 Å². The minimum absolute atomic E-state index is 0.0805. The van der Waals surface area contributed by atoms with Crippen molar-refractivity contribution in [1.82, 2.24) is 14.8 Å². The fourth-order valence-electron chi connectivity index (χ4n) is 2.29. The van der Waals surface area contributed by atoms with Crippen molar-refractivity contribution in [2.45, 2.75) is 17.0 Å². The molecule has 4 N–H and O–H groups in total. The number of primary amides is 2. The number of nitrogens with zero attached hydrogens (tertiary/aromatic N) is 3. The lowest BCUT2D eigenvalue weighted by molar-refractivity contribution is -0.119. The average molecular weight is 373 g/mol. The van der Waals surface area contributed by atoms with Gasteiger partial charge in [0.25, 0.3) is 0 Å². The van der Waals surface area contributed by atoms with E-state index in [0.717, 1.165) is 22.2 Å². The van der Waals surface area contributed by atoms with Crippen LogP contribution in [0.4, 0.5) is 0 Å². The van der Waals surface area contributed by atoms with Crippen LogP contribution >= 0.6 is 23.1 Å². The first-order chi connectivity index (χ1) is 12.1. The molecule has 25 heavy (non-hydrogen) atoms. The molecule has 2 aromatic heterocycles. The van der Waals surface area contributed by atoms with E-state index in [-0.39, 0.29) is 6.54 Å². The van der Waals surface area contributed by atoms with E-state index in [9.17, 15) is 9.59 Å². The molecule has 1 atom stereocenters. The van der Waals surface area contributed by atoms with Crippen molar-refractivity contribution >= 4 is 34.9 Å². The molecule has 9 heteroatoms. The predicted octanol–water partition coefficient (Wildman–Crippen LogP) is 1.81.